The van der Waals surface area contributed by atoms with E-state index in [9.17, 15) is 9.18 Å². The van der Waals surface area contributed by atoms with Gasteiger partial charge in [-0.05, 0) is 37.3 Å². The average molecular weight is 431 g/mol. The molecule has 0 unspecified atom stereocenters. The fraction of sp³-hybridized carbons (Fsp3) is 0.174. The molecule has 2 heterocycles. The van der Waals surface area contributed by atoms with Crippen molar-refractivity contribution in [3.63, 3.8) is 0 Å². The molecule has 32 heavy (non-hydrogen) atoms. The van der Waals surface area contributed by atoms with E-state index >= 15 is 0 Å². The van der Waals surface area contributed by atoms with Crippen molar-refractivity contribution in [2.75, 3.05) is 25.5 Å². The van der Waals surface area contributed by atoms with Gasteiger partial charge in [0.1, 0.15) is 5.82 Å². The van der Waals surface area contributed by atoms with Gasteiger partial charge in [-0.3, -0.25) is 4.79 Å². The summed E-state index contributed by atoms with van der Waals surface area (Å²) in [6.07, 6.45) is 4.82. The van der Waals surface area contributed by atoms with E-state index in [2.05, 4.69) is 20.3 Å². The number of nitrogens with zero attached hydrogens (tertiary/aromatic N) is 7. The lowest BCUT2D eigenvalue weighted by molar-refractivity contribution is 0.104. The zero-order valence-electron chi connectivity index (χ0n) is 18.0. The normalized spacial score (nSPS) is 11.2. The summed E-state index contributed by atoms with van der Waals surface area (Å²) >= 11 is 0. The molecule has 0 fully saturated rings. The van der Waals surface area contributed by atoms with Crippen LogP contribution in [0.15, 0.2) is 67.0 Å². The molecule has 4 rings (SSSR count). The summed E-state index contributed by atoms with van der Waals surface area (Å²) in [5.41, 5.74) is 2.81. The number of halogens is 1. The monoisotopic (exact) mass is 431 g/mol. The third kappa shape index (κ3) is 4.31. The zero-order chi connectivity index (χ0) is 22.7. The van der Waals surface area contributed by atoms with Gasteiger partial charge in [0, 0.05) is 44.2 Å². The predicted octanol–water partition coefficient (Wildman–Crippen LogP) is 3.77. The van der Waals surface area contributed by atoms with Crippen molar-refractivity contribution in [2.45, 2.75) is 6.92 Å². The van der Waals surface area contributed by atoms with Gasteiger partial charge >= 0.3 is 0 Å². The lowest BCUT2D eigenvalue weighted by Gasteiger charge is -2.21. The molecule has 2 aromatic heterocycles. The van der Waals surface area contributed by atoms with Gasteiger partial charge < -0.3 is 9.80 Å². The Labute approximate surface area is 184 Å². The molecular formula is C23H22FN7O. The maximum atomic E-state index is 13.7. The van der Waals surface area contributed by atoms with Crippen LogP contribution in [-0.4, -0.2) is 56.3 Å². The average Bonchev–Trinajstić information content (AvgIpc) is 3.21. The summed E-state index contributed by atoms with van der Waals surface area (Å²) in [4.78, 5) is 25.3. The Hall–Kier alpha value is -4.14. The topological polar surface area (TPSA) is 80.0 Å². The quantitative estimate of drug-likeness (QED) is 0.326. The van der Waals surface area contributed by atoms with Crippen LogP contribution in [-0.2, 0) is 0 Å². The van der Waals surface area contributed by atoms with E-state index in [1.165, 1.54) is 22.9 Å². The maximum Gasteiger partial charge on any atom is 0.232 e. The Bertz CT molecular complexity index is 1300. The summed E-state index contributed by atoms with van der Waals surface area (Å²) < 4.78 is 15.2. The van der Waals surface area contributed by atoms with Crippen LogP contribution in [0, 0.1) is 5.82 Å². The minimum Gasteiger partial charge on any atom is -0.383 e. The molecule has 4 aromatic rings. The van der Waals surface area contributed by atoms with E-state index < -0.39 is 0 Å². The summed E-state index contributed by atoms with van der Waals surface area (Å²) in [6, 6.07) is 13.4. The molecule has 162 valence electrons. The minimum atomic E-state index is -0.375. The maximum absolute atomic E-state index is 13.7. The zero-order valence-corrected chi connectivity index (χ0v) is 18.0. The highest BCUT2D eigenvalue weighted by molar-refractivity contribution is 6.05. The number of ketones is 1. The highest BCUT2D eigenvalue weighted by atomic mass is 19.1. The second-order valence-electron chi connectivity index (χ2n) is 7.30. The standard InChI is InChI=1S/C23H22FN7O/c1-4-30(18-9-5-7-16(13-18)21(32)11-12-29(2)3)23-25-15-20-22(26-23)31(28-27-20)19-10-6-8-17(24)14-19/h5-15H,4H2,1-3H3. The lowest BCUT2D eigenvalue weighted by Crippen LogP contribution is -2.19. The molecule has 0 aliphatic heterocycles. The van der Waals surface area contributed by atoms with E-state index in [0.29, 0.717) is 34.9 Å². The fourth-order valence-electron chi connectivity index (χ4n) is 3.21. The molecule has 0 atom stereocenters. The molecule has 0 amide bonds. The molecule has 0 saturated carbocycles. The third-order valence-electron chi connectivity index (χ3n) is 4.76. The number of anilines is 2. The van der Waals surface area contributed by atoms with Crippen LogP contribution in [0.3, 0.4) is 0 Å². The van der Waals surface area contributed by atoms with Crippen LogP contribution in [0.5, 0.6) is 0 Å². The second-order valence-corrected chi connectivity index (χ2v) is 7.30. The Balaban J connectivity index is 1.72. The molecule has 0 aliphatic carbocycles. The summed E-state index contributed by atoms with van der Waals surface area (Å²) in [5.74, 6) is -0.0462. The van der Waals surface area contributed by atoms with Crippen LogP contribution in [0.4, 0.5) is 16.0 Å². The molecule has 0 N–H and O–H groups in total. The first-order chi connectivity index (χ1) is 15.5. The number of carbonyl (C=O) groups is 1. The molecule has 8 nitrogen and oxygen atoms in total. The first-order valence-corrected chi connectivity index (χ1v) is 10.1. The van der Waals surface area contributed by atoms with E-state index in [4.69, 9.17) is 0 Å². The van der Waals surface area contributed by atoms with Crippen LogP contribution in [0.25, 0.3) is 16.9 Å². The molecular weight excluding hydrogens is 409 g/mol. The third-order valence-corrected chi connectivity index (χ3v) is 4.76. The van der Waals surface area contributed by atoms with Crippen LogP contribution >= 0.6 is 0 Å². The summed E-state index contributed by atoms with van der Waals surface area (Å²) in [7, 11) is 3.71. The molecule has 0 saturated heterocycles. The second kappa shape index (κ2) is 8.93. The molecule has 9 heteroatoms. The van der Waals surface area contributed by atoms with Crippen molar-refractivity contribution >= 4 is 28.6 Å². The first kappa shape index (κ1) is 21.1. The van der Waals surface area contributed by atoms with Gasteiger partial charge in [0.2, 0.25) is 5.95 Å². The number of hydrogen-bond acceptors (Lipinski definition) is 7. The Kier molecular flexibility index (Phi) is 5.89. The van der Waals surface area contributed by atoms with E-state index in [0.717, 1.165) is 5.69 Å². The fourth-order valence-corrected chi connectivity index (χ4v) is 3.21. The highest BCUT2D eigenvalue weighted by Crippen LogP contribution is 2.25. The smallest absolute Gasteiger partial charge is 0.232 e. The van der Waals surface area contributed by atoms with Gasteiger partial charge in [0.05, 0.1) is 11.9 Å². The van der Waals surface area contributed by atoms with Crippen molar-refractivity contribution < 1.29 is 9.18 Å². The number of rotatable bonds is 7. The number of fused-ring (bicyclic) bond motifs is 1. The molecule has 0 radical (unpaired) electrons. The van der Waals surface area contributed by atoms with Crippen molar-refractivity contribution in [2.24, 2.45) is 0 Å². The Morgan fingerprint density at radius 2 is 1.97 bits per heavy atom. The van der Waals surface area contributed by atoms with E-state index in [-0.39, 0.29) is 11.6 Å². The largest absolute Gasteiger partial charge is 0.383 e. The van der Waals surface area contributed by atoms with Crippen LogP contribution < -0.4 is 4.90 Å². The number of benzene rings is 2. The molecule has 2 aromatic carbocycles. The van der Waals surface area contributed by atoms with Gasteiger partial charge in [-0.25, -0.2) is 9.37 Å². The summed E-state index contributed by atoms with van der Waals surface area (Å²) in [5, 5.41) is 8.19. The van der Waals surface area contributed by atoms with Crippen molar-refractivity contribution in [1.82, 2.24) is 29.9 Å². The van der Waals surface area contributed by atoms with Gasteiger partial charge in [0.25, 0.3) is 0 Å². The predicted molar refractivity (Wildman–Crippen MR) is 121 cm³/mol. The number of carbonyl (C=O) groups excluding carboxylic acids is 1. The SMILES string of the molecule is CCN(c1cccc(C(=O)C=CN(C)C)c1)c1ncc2nnn(-c3cccc(F)c3)c2n1. The Morgan fingerprint density at radius 3 is 2.72 bits per heavy atom. The first-order valence-electron chi connectivity index (χ1n) is 10.1. The molecule has 0 aliphatic rings. The summed E-state index contributed by atoms with van der Waals surface area (Å²) in [6.45, 7) is 2.54. The van der Waals surface area contributed by atoms with Crippen molar-refractivity contribution in [3.05, 3.63) is 78.4 Å². The lowest BCUT2D eigenvalue weighted by atomic mass is 10.1. The van der Waals surface area contributed by atoms with E-state index in [1.807, 2.05) is 44.1 Å². The minimum absolute atomic E-state index is 0.0960. The van der Waals surface area contributed by atoms with Gasteiger partial charge in [0.15, 0.2) is 16.9 Å². The van der Waals surface area contributed by atoms with Gasteiger partial charge in [-0.1, -0.05) is 23.4 Å². The van der Waals surface area contributed by atoms with Crippen LogP contribution in [0.2, 0.25) is 0 Å². The van der Waals surface area contributed by atoms with Gasteiger partial charge in [-0.2, -0.15) is 9.67 Å². The number of hydrogen-bond donors (Lipinski definition) is 0. The molecule has 0 bridgehead atoms. The molecule has 0 spiro atoms. The Morgan fingerprint density at radius 1 is 1.16 bits per heavy atom. The number of allylic oxidation sites excluding steroid dienone is 1. The number of aromatic nitrogens is 5. The van der Waals surface area contributed by atoms with Crippen LogP contribution in [0.1, 0.15) is 17.3 Å². The van der Waals surface area contributed by atoms with Gasteiger partial charge in [-0.15, -0.1) is 5.10 Å². The van der Waals surface area contributed by atoms with Crippen molar-refractivity contribution in [3.8, 4) is 5.69 Å². The van der Waals surface area contributed by atoms with E-state index in [1.54, 1.807) is 35.5 Å². The highest BCUT2D eigenvalue weighted by Gasteiger charge is 2.16. The van der Waals surface area contributed by atoms with Crippen molar-refractivity contribution in [1.29, 1.82) is 0 Å².